The van der Waals surface area contributed by atoms with Crippen LogP contribution < -0.4 is 10.1 Å². The fourth-order valence-electron chi connectivity index (χ4n) is 2.10. The molecule has 0 aliphatic heterocycles. The number of benzene rings is 1. The first kappa shape index (κ1) is 15.1. The third-order valence-corrected chi connectivity index (χ3v) is 4.05. The summed E-state index contributed by atoms with van der Waals surface area (Å²) in [5.41, 5.74) is 1.30. The van der Waals surface area contributed by atoms with Gasteiger partial charge in [-0.15, -0.1) is 11.3 Å². The van der Waals surface area contributed by atoms with Crippen LogP contribution in [0.4, 0.5) is 0 Å². The SMILES string of the molecule is CCCNC(c1ccc(OCCC)cc1)c1cccs1. The minimum Gasteiger partial charge on any atom is -0.494 e. The maximum atomic E-state index is 5.64. The Morgan fingerprint density at radius 1 is 1.10 bits per heavy atom. The lowest BCUT2D eigenvalue weighted by Gasteiger charge is -2.18. The number of nitrogens with one attached hydrogen (secondary N) is 1. The second-order valence-corrected chi connectivity index (χ2v) is 5.80. The van der Waals surface area contributed by atoms with Gasteiger partial charge in [-0.3, -0.25) is 0 Å². The first-order chi connectivity index (χ1) is 9.85. The van der Waals surface area contributed by atoms with E-state index >= 15 is 0 Å². The number of ether oxygens (including phenoxy) is 1. The normalized spacial score (nSPS) is 12.3. The predicted octanol–water partition coefficient (Wildman–Crippen LogP) is 4.63. The highest BCUT2D eigenvalue weighted by atomic mass is 32.1. The average Bonchev–Trinajstić information content (AvgIpc) is 3.01. The van der Waals surface area contributed by atoms with Crippen LogP contribution in [0.5, 0.6) is 5.75 Å². The standard InChI is InChI=1S/C17H23NOS/c1-3-11-18-17(16-6-5-13-20-16)14-7-9-15(10-8-14)19-12-4-2/h5-10,13,17-18H,3-4,11-12H2,1-2H3. The van der Waals surface area contributed by atoms with Crippen molar-refractivity contribution in [1.82, 2.24) is 5.32 Å². The van der Waals surface area contributed by atoms with Gasteiger partial charge in [-0.1, -0.05) is 32.0 Å². The molecule has 20 heavy (non-hydrogen) atoms. The van der Waals surface area contributed by atoms with Crippen molar-refractivity contribution in [2.45, 2.75) is 32.7 Å². The van der Waals surface area contributed by atoms with Crippen molar-refractivity contribution in [3.8, 4) is 5.75 Å². The summed E-state index contributed by atoms with van der Waals surface area (Å²) in [7, 11) is 0. The Morgan fingerprint density at radius 2 is 1.90 bits per heavy atom. The van der Waals surface area contributed by atoms with Crippen LogP contribution in [0.15, 0.2) is 41.8 Å². The highest BCUT2D eigenvalue weighted by Gasteiger charge is 2.14. The van der Waals surface area contributed by atoms with E-state index in [1.165, 1.54) is 10.4 Å². The van der Waals surface area contributed by atoms with E-state index in [2.05, 4.69) is 60.9 Å². The molecule has 1 aromatic carbocycles. The third-order valence-electron chi connectivity index (χ3n) is 3.11. The molecule has 2 rings (SSSR count). The maximum absolute atomic E-state index is 5.64. The van der Waals surface area contributed by atoms with Gasteiger partial charge in [-0.05, 0) is 48.5 Å². The summed E-state index contributed by atoms with van der Waals surface area (Å²) in [4.78, 5) is 1.36. The molecule has 0 fully saturated rings. The zero-order chi connectivity index (χ0) is 14.2. The number of hydrogen-bond acceptors (Lipinski definition) is 3. The fraction of sp³-hybridized carbons (Fsp3) is 0.412. The van der Waals surface area contributed by atoms with Gasteiger partial charge in [0.2, 0.25) is 0 Å². The van der Waals surface area contributed by atoms with Crippen molar-refractivity contribution < 1.29 is 4.74 Å². The van der Waals surface area contributed by atoms with Crippen molar-refractivity contribution in [1.29, 1.82) is 0 Å². The predicted molar refractivity (Wildman–Crippen MR) is 86.7 cm³/mol. The zero-order valence-electron chi connectivity index (χ0n) is 12.3. The van der Waals surface area contributed by atoms with Gasteiger partial charge in [0.25, 0.3) is 0 Å². The molecule has 0 aliphatic rings. The highest BCUT2D eigenvalue weighted by molar-refractivity contribution is 7.10. The first-order valence-corrected chi connectivity index (χ1v) is 8.22. The summed E-state index contributed by atoms with van der Waals surface area (Å²) in [5, 5.41) is 5.75. The van der Waals surface area contributed by atoms with Crippen LogP contribution in [0.3, 0.4) is 0 Å². The molecule has 0 aliphatic carbocycles. The molecule has 0 saturated heterocycles. The van der Waals surface area contributed by atoms with E-state index < -0.39 is 0 Å². The average molecular weight is 289 g/mol. The van der Waals surface area contributed by atoms with Crippen molar-refractivity contribution in [3.05, 3.63) is 52.2 Å². The molecule has 0 spiro atoms. The van der Waals surface area contributed by atoms with Crippen LogP contribution in [-0.4, -0.2) is 13.2 Å². The van der Waals surface area contributed by atoms with E-state index in [-0.39, 0.29) is 6.04 Å². The second kappa shape index (κ2) is 8.08. The lowest BCUT2D eigenvalue weighted by Crippen LogP contribution is -2.22. The molecule has 1 N–H and O–H groups in total. The molecule has 2 nitrogen and oxygen atoms in total. The quantitative estimate of drug-likeness (QED) is 0.765. The molecule has 1 unspecified atom stereocenters. The maximum Gasteiger partial charge on any atom is 0.119 e. The van der Waals surface area contributed by atoms with Crippen molar-refractivity contribution in [2.75, 3.05) is 13.2 Å². The van der Waals surface area contributed by atoms with E-state index in [1.807, 2.05) is 0 Å². The summed E-state index contributed by atoms with van der Waals surface area (Å²) in [5.74, 6) is 0.955. The molecule has 0 amide bonds. The van der Waals surface area contributed by atoms with Crippen LogP contribution in [0.25, 0.3) is 0 Å². The van der Waals surface area contributed by atoms with Crippen LogP contribution in [0, 0.1) is 0 Å². The molecular formula is C17H23NOS. The summed E-state index contributed by atoms with van der Waals surface area (Å²) < 4.78 is 5.64. The monoisotopic (exact) mass is 289 g/mol. The molecule has 0 radical (unpaired) electrons. The highest BCUT2D eigenvalue weighted by Crippen LogP contribution is 2.27. The van der Waals surface area contributed by atoms with Gasteiger partial charge in [-0.25, -0.2) is 0 Å². The molecule has 1 heterocycles. The van der Waals surface area contributed by atoms with Crippen molar-refractivity contribution in [2.24, 2.45) is 0 Å². The minimum absolute atomic E-state index is 0.287. The van der Waals surface area contributed by atoms with Gasteiger partial charge < -0.3 is 10.1 Å². The number of thiophene rings is 1. The van der Waals surface area contributed by atoms with Crippen LogP contribution in [0.1, 0.15) is 43.2 Å². The van der Waals surface area contributed by atoms with Crippen LogP contribution >= 0.6 is 11.3 Å². The Bertz CT molecular complexity index is 478. The molecular weight excluding hydrogens is 266 g/mol. The second-order valence-electron chi connectivity index (χ2n) is 4.82. The molecule has 3 heteroatoms. The largest absolute Gasteiger partial charge is 0.494 e. The molecule has 1 aromatic heterocycles. The Labute approximate surface area is 125 Å². The van der Waals surface area contributed by atoms with E-state index in [4.69, 9.17) is 4.74 Å². The van der Waals surface area contributed by atoms with Gasteiger partial charge in [0.1, 0.15) is 5.75 Å². The van der Waals surface area contributed by atoms with Gasteiger partial charge in [-0.2, -0.15) is 0 Å². The lowest BCUT2D eigenvalue weighted by atomic mass is 10.1. The van der Waals surface area contributed by atoms with Gasteiger partial charge in [0.05, 0.1) is 12.6 Å². The first-order valence-electron chi connectivity index (χ1n) is 7.34. The summed E-state index contributed by atoms with van der Waals surface area (Å²) in [6, 6.07) is 13.1. The third kappa shape index (κ3) is 4.09. The molecule has 0 bridgehead atoms. The van der Waals surface area contributed by atoms with Crippen molar-refractivity contribution in [3.63, 3.8) is 0 Å². The van der Waals surface area contributed by atoms with E-state index in [9.17, 15) is 0 Å². The molecule has 1 atom stereocenters. The van der Waals surface area contributed by atoms with E-state index in [0.717, 1.165) is 31.7 Å². The van der Waals surface area contributed by atoms with Crippen LogP contribution in [-0.2, 0) is 0 Å². The van der Waals surface area contributed by atoms with Gasteiger partial charge in [0.15, 0.2) is 0 Å². The Balaban J connectivity index is 2.12. The van der Waals surface area contributed by atoms with E-state index in [0.29, 0.717) is 0 Å². The Morgan fingerprint density at radius 3 is 2.50 bits per heavy atom. The summed E-state index contributed by atoms with van der Waals surface area (Å²) in [6.07, 6.45) is 2.18. The summed E-state index contributed by atoms with van der Waals surface area (Å²) >= 11 is 1.80. The molecule has 0 saturated carbocycles. The Hall–Kier alpha value is -1.32. The number of hydrogen-bond donors (Lipinski definition) is 1. The topological polar surface area (TPSA) is 21.3 Å². The molecule has 108 valence electrons. The van der Waals surface area contributed by atoms with Gasteiger partial charge in [0, 0.05) is 4.88 Å². The fourth-order valence-corrected chi connectivity index (χ4v) is 2.93. The van der Waals surface area contributed by atoms with Crippen LogP contribution in [0.2, 0.25) is 0 Å². The lowest BCUT2D eigenvalue weighted by molar-refractivity contribution is 0.317. The minimum atomic E-state index is 0.287. The van der Waals surface area contributed by atoms with Gasteiger partial charge >= 0.3 is 0 Å². The zero-order valence-corrected chi connectivity index (χ0v) is 13.1. The smallest absolute Gasteiger partial charge is 0.119 e. The number of rotatable bonds is 8. The van der Waals surface area contributed by atoms with E-state index in [1.54, 1.807) is 11.3 Å². The molecule has 2 aromatic rings. The summed E-state index contributed by atoms with van der Waals surface area (Å²) in [6.45, 7) is 6.12. The Kier molecular flexibility index (Phi) is 6.09. The van der Waals surface area contributed by atoms with Crippen molar-refractivity contribution >= 4 is 11.3 Å².